The highest BCUT2D eigenvalue weighted by molar-refractivity contribution is 5.72. The van der Waals surface area contributed by atoms with Gasteiger partial charge in [0, 0.05) is 6.92 Å². The van der Waals surface area contributed by atoms with Gasteiger partial charge >= 0.3 is 0 Å². The monoisotopic (exact) mass is 205 g/mol. The Morgan fingerprint density at radius 1 is 1.33 bits per heavy atom. The summed E-state index contributed by atoms with van der Waals surface area (Å²) in [6.07, 6.45) is 1.59. The van der Waals surface area contributed by atoms with Crippen molar-refractivity contribution in [2.75, 3.05) is 0 Å². The number of nitrogens with one attached hydrogen (secondary N) is 1. The van der Waals surface area contributed by atoms with E-state index in [-0.39, 0.29) is 5.91 Å². The Kier molecular flexibility index (Phi) is 2.58. The molecular formula is C11H11NO3. The van der Waals surface area contributed by atoms with E-state index in [2.05, 4.69) is 5.32 Å². The van der Waals surface area contributed by atoms with Gasteiger partial charge in [-0.1, -0.05) is 0 Å². The van der Waals surface area contributed by atoms with Crippen LogP contribution in [0.4, 0.5) is 0 Å². The first-order chi connectivity index (χ1) is 7.25. The van der Waals surface area contributed by atoms with Crippen molar-refractivity contribution in [1.29, 1.82) is 0 Å². The third-order valence-electron chi connectivity index (χ3n) is 1.94. The fourth-order valence-electron chi connectivity index (χ4n) is 1.24. The minimum absolute atomic E-state index is 0.0778. The second-order valence-electron chi connectivity index (χ2n) is 3.15. The molecule has 0 saturated heterocycles. The molecule has 78 valence electrons. The molecule has 4 nitrogen and oxygen atoms in total. The Labute approximate surface area is 86.9 Å². The summed E-state index contributed by atoms with van der Waals surface area (Å²) in [5.74, 6) is 1.98. The van der Waals surface area contributed by atoms with Crippen LogP contribution in [0.5, 0.6) is 0 Å². The number of carbonyl (C=O) groups excluding carboxylic acids is 1. The molecule has 0 aliphatic rings. The second-order valence-corrected chi connectivity index (χ2v) is 3.15. The fraction of sp³-hybridized carbons (Fsp3) is 0.182. The third-order valence-corrected chi connectivity index (χ3v) is 1.94. The van der Waals surface area contributed by atoms with E-state index in [1.807, 2.05) is 18.2 Å². The van der Waals surface area contributed by atoms with E-state index in [9.17, 15) is 4.79 Å². The van der Waals surface area contributed by atoms with Gasteiger partial charge in [0.15, 0.2) is 11.5 Å². The van der Waals surface area contributed by atoms with Crippen molar-refractivity contribution in [3.63, 3.8) is 0 Å². The van der Waals surface area contributed by atoms with Crippen molar-refractivity contribution < 1.29 is 13.6 Å². The van der Waals surface area contributed by atoms with Crippen LogP contribution in [-0.2, 0) is 11.3 Å². The molecule has 1 N–H and O–H groups in total. The first-order valence-corrected chi connectivity index (χ1v) is 4.63. The lowest BCUT2D eigenvalue weighted by molar-refractivity contribution is -0.119. The molecule has 0 saturated carbocycles. The van der Waals surface area contributed by atoms with Crippen molar-refractivity contribution in [3.05, 3.63) is 36.3 Å². The summed E-state index contributed by atoms with van der Waals surface area (Å²) in [5.41, 5.74) is 0. The van der Waals surface area contributed by atoms with E-state index in [1.54, 1.807) is 12.3 Å². The summed E-state index contributed by atoms with van der Waals surface area (Å²) in [5, 5.41) is 2.66. The summed E-state index contributed by atoms with van der Waals surface area (Å²) in [4.78, 5) is 10.7. The fourth-order valence-corrected chi connectivity index (χ4v) is 1.24. The summed E-state index contributed by atoms with van der Waals surface area (Å²) in [6, 6.07) is 7.25. The maximum Gasteiger partial charge on any atom is 0.217 e. The van der Waals surface area contributed by atoms with Gasteiger partial charge in [0.25, 0.3) is 0 Å². The number of rotatable bonds is 3. The molecule has 0 fully saturated rings. The standard InChI is InChI=1S/C11H11NO3/c1-8(13)12-7-9-4-5-11(15-9)10-3-2-6-14-10/h2-6H,7H2,1H3,(H,12,13). The Morgan fingerprint density at radius 2 is 2.20 bits per heavy atom. The highest BCUT2D eigenvalue weighted by Gasteiger charge is 2.06. The van der Waals surface area contributed by atoms with E-state index in [0.29, 0.717) is 23.8 Å². The molecule has 0 spiro atoms. The number of amides is 1. The maximum atomic E-state index is 10.7. The van der Waals surface area contributed by atoms with E-state index in [1.165, 1.54) is 6.92 Å². The molecule has 0 aromatic carbocycles. The van der Waals surface area contributed by atoms with Gasteiger partial charge in [0.2, 0.25) is 5.91 Å². The largest absolute Gasteiger partial charge is 0.461 e. The zero-order chi connectivity index (χ0) is 10.7. The molecule has 0 radical (unpaired) electrons. The molecule has 0 atom stereocenters. The lowest BCUT2D eigenvalue weighted by Crippen LogP contribution is -2.18. The SMILES string of the molecule is CC(=O)NCc1ccc(-c2ccco2)o1. The molecule has 2 heterocycles. The van der Waals surface area contributed by atoms with Gasteiger partial charge in [-0.3, -0.25) is 4.79 Å². The molecule has 1 amide bonds. The van der Waals surface area contributed by atoms with Gasteiger partial charge in [-0.2, -0.15) is 0 Å². The summed E-state index contributed by atoms with van der Waals surface area (Å²) < 4.78 is 10.6. The first-order valence-electron chi connectivity index (χ1n) is 4.63. The Hall–Kier alpha value is -1.97. The Bertz CT molecular complexity index is 442. The smallest absolute Gasteiger partial charge is 0.217 e. The van der Waals surface area contributed by atoms with Crippen molar-refractivity contribution in [3.8, 4) is 11.5 Å². The van der Waals surface area contributed by atoms with Crippen molar-refractivity contribution in [2.24, 2.45) is 0 Å². The van der Waals surface area contributed by atoms with Crippen molar-refractivity contribution in [2.45, 2.75) is 13.5 Å². The maximum absolute atomic E-state index is 10.7. The minimum Gasteiger partial charge on any atom is -0.461 e. The van der Waals surface area contributed by atoms with Crippen LogP contribution in [0.25, 0.3) is 11.5 Å². The zero-order valence-electron chi connectivity index (χ0n) is 8.32. The zero-order valence-corrected chi connectivity index (χ0v) is 8.32. The number of carbonyl (C=O) groups is 1. The van der Waals surface area contributed by atoms with E-state index in [0.717, 1.165) is 0 Å². The highest BCUT2D eigenvalue weighted by Crippen LogP contribution is 2.22. The molecule has 4 heteroatoms. The average molecular weight is 205 g/mol. The van der Waals surface area contributed by atoms with Gasteiger partial charge < -0.3 is 14.2 Å². The van der Waals surface area contributed by atoms with Gasteiger partial charge in [-0.05, 0) is 24.3 Å². The number of hydrogen-bond donors (Lipinski definition) is 1. The van der Waals surface area contributed by atoms with Gasteiger partial charge in [0.05, 0.1) is 12.8 Å². The van der Waals surface area contributed by atoms with Crippen LogP contribution in [0.15, 0.2) is 39.4 Å². The van der Waals surface area contributed by atoms with E-state index < -0.39 is 0 Å². The lowest BCUT2D eigenvalue weighted by atomic mass is 10.3. The van der Waals surface area contributed by atoms with Crippen LogP contribution in [0.3, 0.4) is 0 Å². The summed E-state index contributed by atoms with van der Waals surface area (Å²) >= 11 is 0. The first kappa shape index (κ1) is 9.58. The summed E-state index contributed by atoms with van der Waals surface area (Å²) in [6.45, 7) is 1.87. The Morgan fingerprint density at radius 3 is 2.87 bits per heavy atom. The van der Waals surface area contributed by atoms with Crippen molar-refractivity contribution in [1.82, 2.24) is 5.32 Å². The van der Waals surface area contributed by atoms with Crippen molar-refractivity contribution >= 4 is 5.91 Å². The van der Waals surface area contributed by atoms with Gasteiger partial charge in [-0.15, -0.1) is 0 Å². The molecular weight excluding hydrogens is 194 g/mol. The molecule has 0 aliphatic carbocycles. The Balaban J connectivity index is 2.08. The number of furan rings is 2. The molecule has 2 aromatic heterocycles. The highest BCUT2D eigenvalue weighted by atomic mass is 16.4. The van der Waals surface area contributed by atoms with Gasteiger partial charge in [-0.25, -0.2) is 0 Å². The third kappa shape index (κ3) is 2.28. The molecule has 0 unspecified atom stereocenters. The van der Waals surface area contributed by atoms with Crippen LogP contribution in [0, 0.1) is 0 Å². The molecule has 0 aliphatic heterocycles. The van der Waals surface area contributed by atoms with Crippen LogP contribution >= 0.6 is 0 Å². The minimum atomic E-state index is -0.0778. The molecule has 0 bridgehead atoms. The quantitative estimate of drug-likeness (QED) is 0.835. The normalized spacial score (nSPS) is 10.2. The lowest BCUT2D eigenvalue weighted by Gasteiger charge is -1.97. The molecule has 15 heavy (non-hydrogen) atoms. The van der Waals surface area contributed by atoms with Gasteiger partial charge in [0.1, 0.15) is 5.76 Å². The topological polar surface area (TPSA) is 55.4 Å². The van der Waals surface area contributed by atoms with Crippen LogP contribution < -0.4 is 5.32 Å². The van der Waals surface area contributed by atoms with E-state index in [4.69, 9.17) is 8.83 Å². The summed E-state index contributed by atoms with van der Waals surface area (Å²) in [7, 11) is 0. The predicted octanol–water partition coefficient (Wildman–Crippen LogP) is 2.18. The average Bonchev–Trinajstić information content (AvgIpc) is 2.85. The molecule has 2 rings (SSSR count). The van der Waals surface area contributed by atoms with Crippen LogP contribution in [-0.4, -0.2) is 5.91 Å². The van der Waals surface area contributed by atoms with Crippen LogP contribution in [0.1, 0.15) is 12.7 Å². The molecule has 2 aromatic rings. The van der Waals surface area contributed by atoms with E-state index >= 15 is 0 Å². The number of hydrogen-bond acceptors (Lipinski definition) is 3. The van der Waals surface area contributed by atoms with Crippen LogP contribution in [0.2, 0.25) is 0 Å². The predicted molar refractivity (Wildman–Crippen MR) is 53.9 cm³/mol. The second kappa shape index (κ2) is 4.04.